The second-order valence-corrected chi connectivity index (χ2v) is 6.72. The molecule has 0 aliphatic rings. The zero-order chi connectivity index (χ0) is 15.0. The summed E-state index contributed by atoms with van der Waals surface area (Å²) in [5.41, 5.74) is 0.415. The summed E-state index contributed by atoms with van der Waals surface area (Å²) in [6, 6.07) is 6.10. The van der Waals surface area contributed by atoms with Crippen molar-refractivity contribution >= 4 is 33.7 Å². The molecule has 0 aromatic heterocycles. The quantitative estimate of drug-likeness (QED) is 0.686. The van der Waals surface area contributed by atoms with Gasteiger partial charge in [0, 0.05) is 16.8 Å². The molecular formula is C13H19ClN2O3S. The Bertz CT molecular complexity index is 534. The first kappa shape index (κ1) is 16.8. The number of unbranched alkanes of at least 4 members (excludes halogenated alkanes) is 1. The number of anilines is 1. The average Bonchev–Trinajstić information content (AvgIpc) is 2.35. The largest absolute Gasteiger partial charge is 0.355 e. The molecular weight excluding hydrogens is 300 g/mol. The molecule has 2 N–H and O–H groups in total. The number of rotatable bonds is 9. The standard InChI is InChI=1S/C13H19ClN2O3S/c1-2-3-6-13(15-10-17)9-20(18,19)16-12-7-4-5-11(14)8-12/h4-5,7-8,10,13,16H,2-3,6,9H2,1H3,(H,15,17)/t13-/m0/s1. The van der Waals surface area contributed by atoms with Crippen LogP contribution in [0.1, 0.15) is 26.2 Å². The van der Waals surface area contributed by atoms with Gasteiger partial charge in [-0.15, -0.1) is 0 Å². The average molecular weight is 319 g/mol. The van der Waals surface area contributed by atoms with Gasteiger partial charge >= 0.3 is 0 Å². The molecule has 20 heavy (non-hydrogen) atoms. The Balaban J connectivity index is 2.69. The third-order valence-electron chi connectivity index (χ3n) is 2.73. The van der Waals surface area contributed by atoms with Crippen LogP contribution in [0.2, 0.25) is 5.02 Å². The highest BCUT2D eigenvalue weighted by atomic mass is 35.5. The molecule has 1 rings (SSSR count). The van der Waals surface area contributed by atoms with Crippen LogP contribution in [0.15, 0.2) is 24.3 Å². The van der Waals surface area contributed by atoms with E-state index in [2.05, 4.69) is 10.0 Å². The number of amides is 1. The van der Waals surface area contributed by atoms with Crippen molar-refractivity contribution in [1.29, 1.82) is 0 Å². The Morgan fingerprint density at radius 1 is 1.40 bits per heavy atom. The van der Waals surface area contributed by atoms with E-state index in [4.69, 9.17) is 11.6 Å². The van der Waals surface area contributed by atoms with Crippen molar-refractivity contribution in [3.05, 3.63) is 29.3 Å². The monoisotopic (exact) mass is 318 g/mol. The lowest BCUT2D eigenvalue weighted by molar-refractivity contribution is -0.110. The molecule has 0 saturated heterocycles. The van der Waals surface area contributed by atoms with E-state index in [1.807, 2.05) is 6.92 Å². The summed E-state index contributed by atoms with van der Waals surface area (Å²) < 4.78 is 26.6. The Morgan fingerprint density at radius 3 is 2.75 bits per heavy atom. The molecule has 0 saturated carbocycles. The fourth-order valence-corrected chi connectivity index (χ4v) is 3.35. The lowest BCUT2D eigenvalue weighted by Gasteiger charge is -2.16. The highest BCUT2D eigenvalue weighted by Gasteiger charge is 2.18. The van der Waals surface area contributed by atoms with E-state index in [1.54, 1.807) is 18.2 Å². The summed E-state index contributed by atoms with van der Waals surface area (Å²) in [6.07, 6.45) is 2.97. The van der Waals surface area contributed by atoms with E-state index >= 15 is 0 Å². The summed E-state index contributed by atoms with van der Waals surface area (Å²) >= 11 is 5.80. The fourth-order valence-electron chi connectivity index (χ4n) is 1.80. The van der Waals surface area contributed by atoms with Crippen LogP contribution in [0.4, 0.5) is 5.69 Å². The second kappa shape index (κ2) is 8.11. The van der Waals surface area contributed by atoms with Crippen LogP contribution in [-0.4, -0.2) is 26.6 Å². The Kier molecular flexibility index (Phi) is 6.81. The number of carbonyl (C=O) groups excluding carboxylic acids is 1. The van der Waals surface area contributed by atoms with E-state index in [0.29, 0.717) is 23.5 Å². The number of halogens is 1. The van der Waals surface area contributed by atoms with E-state index in [1.165, 1.54) is 6.07 Å². The molecule has 0 bridgehead atoms. The highest BCUT2D eigenvalue weighted by molar-refractivity contribution is 7.92. The maximum atomic E-state index is 12.0. The summed E-state index contributed by atoms with van der Waals surface area (Å²) in [6.45, 7) is 2.01. The van der Waals surface area contributed by atoms with E-state index in [0.717, 1.165) is 12.8 Å². The van der Waals surface area contributed by atoms with Crippen LogP contribution in [-0.2, 0) is 14.8 Å². The molecule has 112 valence electrons. The van der Waals surface area contributed by atoms with Crippen LogP contribution < -0.4 is 10.0 Å². The van der Waals surface area contributed by atoms with Gasteiger partial charge in [0.1, 0.15) is 0 Å². The normalized spacial score (nSPS) is 12.7. The third-order valence-corrected chi connectivity index (χ3v) is 4.35. The second-order valence-electron chi connectivity index (χ2n) is 4.52. The van der Waals surface area contributed by atoms with Crippen molar-refractivity contribution in [2.75, 3.05) is 10.5 Å². The van der Waals surface area contributed by atoms with Gasteiger partial charge < -0.3 is 5.32 Å². The minimum absolute atomic E-state index is 0.155. The smallest absolute Gasteiger partial charge is 0.234 e. The molecule has 7 heteroatoms. The lowest BCUT2D eigenvalue weighted by atomic mass is 10.1. The van der Waals surface area contributed by atoms with Crippen molar-refractivity contribution in [2.24, 2.45) is 0 Å². The van der Waals surface area contributed by atoms with Gasteiger partial charge in [-0.3, -0.25) is 9.52 Å². The van der Waals surface area contributed by atoms with Gasteiger partial charge in [0.15, 0.2) is 0 Å². The van der Waals surface area contributed by atoms with Gasteiger partial charge in [-0.25, -0.2) is 8.42 Å². The Hall–Kier alpha value is -1.27. The van der Waals surface area contributed by atoms with Crippen molar-refractivity contribution < 1.29 is 13.2 Å². The van der Waals surface area contributed by atoms with E-state index in [9.17, 15) is 13.2 Å². The molecule has 1 atom stereocenters. The van der Waals surface area contributed by atoms with Crippen molar-refractivity contribution in [3.8, 4) is 0 Å². The molecule has 0 aliphatic heterocycles. The van der Waals surface area contributed by atoms with Gasteiger partial charge in [0.25, 0.3) is 0 Å². The first-order valence-electron chi connectivity index (χ1n) is 6.42. The van der Waals surface area contributed by atoms with Crippen molar-refractivity contribution in [3.63, 3.8) is 0 Å². The van der Waals surface area contributed by atoms with Gasteiger partial charge in [-0.2, -0.15) is 0 Å². The molecule has 0 unspecified atom stereocenters. The van der Waals surface area contributed by atoms with Crippen molar-refractivity contribution in [2.45, 2.75) is 32.2 Å². The first-order chi connectivity index (χ1) is 9.46. The van der Waals surface area contributed by atoms with Crippen LogP contribution in [0, 0.1) is 0 Å². The molecule has 0 heterocycles. The van der Waals surface area contributed by atoms with E-state index < -0.39 is 10.0 Å². The lowest BCUT2D eigenvalue weighted by Crippen LogP contribution is -2.36. The SMILES string of the molecule is CCCC[C@@H](CS(=O)(=O)Nc1cccc(Cl)c1)NC=O. The number of sulfonamides is 1. The molecule has 1 amide bonds. The summed E-state index contributed by atoms with van der Waals surface area (Å²) in [7, 11) is -3.53. The fraction of sp³-hybridized carbons (Fsp3) is 0.462. The molecule has 1 aromatic rings. The number of carbonyl (C=O) groups is 1. The molecule has 0 fully saturated rings. The van der Waals surface area contributed by atoms with Crippen molar-refractivity contribution in [1.82, 2.24) is 5.32 Å². The third kappa shape index (κ3) is 6.25. The van der Waals surface area contributed by atoms with Crippen LogP contribution in [0.25, 0.3) is 0 Å². The van der Waals surface area contributed by atoms with Crippen LogP contribution in [0.3, 0.4) is 0 Å². The Labute approximate surface area is 124 Å². The van der Waals surface area contributed by atoms with Crippen LogP contribution >= 0.6 is 11.6 Å². The summed E-state index contributed by atoms with van der Waals surface area (Å²) in [5, 5.41) is 3.00. The maximum absolute atomic E-state index is 12.0. The highest BCUT2D eigenvalue weighted by Crippen LogP contribution is 2.16. The van der Waals surface area contributed by atoms with Gasteiger partial charge in [0.2, 0.25) is 16.4 Å². The number of hydrogen-bond acceptors (Lipinski definition) is 3. The summed E-state index contributed by atoms with van der Waals surface area (Å²) in [5.74, 6) is -0.155. The van der Waals surface area contributed by atoms with Crippen LogP contribution in [0.5, 0.6) is 0 Å². The van der Waals surface area contributed by atoms with Gasteiger partial charge in [-0.1, -0.05) is 37.4 Å². The minimum atomic E-state index is -3.53. The number of hydrogen-bond donors (Lipinski definition) is 2. The summed E-state index contributed by atoms with van der Waals surface area (Å²) in [4.78, 5) is 10.5. The number of nitrogens with one attached hydrogen (secondary N) is 2. The predicted octanol–water partition coefficient (Wildman–Crippen LogP) is 2.39. The zero-order valence-electron chi connectivity index (χ0n) is 11.3. The first-order valence-corrected chi connectivity index (χ1v) is 8.45. The molecule has 0 radical (unpaired) electrons. The van der Waals surface area contributed by atoms with Gasteiger partial charge in [-0.05, 0) is 24.6 Å². The topological polar surface area (TPSA) is 75.3 Å². The molecule has 1 aromatic carbocycles. The minimum Gasteiger partial charge on any atom is -0.355 e. The molecule has 0 aliphatic carbocycles. The Morgan fingerprint density at radius 2 is 2.15 bits per heavy atom. The molecule has 5 nitrogen and oxygen atoms in total. The molecule has 0 spiro atoms. The van der Waals surface area contributed by atoms with E-state index in [-0.39, 0.29) is 11.8 Å². The zero-order valence-corrected chi connectivity index (χ0v) is 12.9. The predicted molar refractivity (Wildman–Crippen MR) is 81.4 cm³/mol. The van der Waals surface area contributed by atoms with Gasteiger partial charge in [0.05, 0.1) is 5.75 Å². The maximum Gasteiger partial charge on any atom is 0.234 e. The number of benzene rings is 1.